The largest absolute Gasteiger partial charge is 0.493 e. The van der Waals surface area contributed by atoms with E-state index >= 15 is 0 Å². The van der Waals surface area contributed by atoms with E-state index < -0.39 is 5.91 Å². The van der Waals surface area contributed by atoms with Gasteiger partial charge in [-0.3, -0.25) is 14.4 Å². The summed E-state index contributed by atoms with van der Waals surface area (Å²) in [6.07, 6.45) is 0. The molecule has 2 aromatic carbocycles. The Morgan fingerprint density at radius 1 is 1.04 bits per heavy atom. The van der Waals surface area contributed by atoms with Gasteiger partial charge in [0, 0.05) is 11.3 Å². The Kier molecular flexibility index (Phi) is 6.28. The van der Waals surface area contributed by atoms with Crippen molar-refractivity contribution in [3.05, 3.63) is 59.7 Å². The van der Waals surface area contributed by atoms with Crippen LogP contribution in [0.4, 0.5) is 5.69 Å². The fourth-order valence-corrected chi connectivity index (χ4v) is 2.21. The van der Waals surface area contributed by atoms with Crippen LogP contribution in [0.5, 0.6) is 5.75 Å². The molecule has 0 atom stereocenters. The highest BCUT2D eigenvalue weighted by molar-refractivity contribution is 6.01. The highest BCUT2D eigenvalue weighted by Crippen LogP contribution is 2.17. The molecule has 25 heavy (non-hydrogen) atoms. The van der Waals surface area contributed by atoms with Crippen LogP contribution in [0.3, 0.4) is 0 Å². The van der Waals surface area contributed by atoms with Crippen LogP contribution in [0.1, 0.15) is 34.6 Å². The van der Waals surface area contributed by atoms with Gasteiger partial charge < -0.3 is 15.4 Å². The summed E-state index contributed by atoms with van der Waals surface area (Å²) in [4.78, 5) is 35.6. The number of carbonyl (C=O) groups excluding carboxylic acids is 3. The zero-order valence-electron chi connectivity index (χ0n) is 14.2. The number of rotatable bonds is 7. The number of Topliss-reactive ketones (excluding diaryl/α,β-unsaturated/α-hetero) is 1. The quantitative estimate of drug-likeness (QED) is 0.759. The van der Waals surface area contributed by atoms with Crippen molar-refractivity contribution < 1.29 is 19.1 Å². The fourth-order valence-electron chi connectivity index (χ4n) is 2.21. The molecular formula is C19H20N2O4. The predicted molar refractivity (Wildman–Crippen MR) is 95.0 cm³/mol. The first-order valence-corrected chi connectivity index (χ1v) is 7.92. The lowest BCUT2D eigenvalue weighted by atomic mass is 10.1. The minimum Gasteiger partial charge on any atom is -0.493 e. The summed E-state index contributed by atoms with van der Waals surface area (Å²) in [7, 11) is 0. The van der Waals surface area contributed by atoms with Gasteiger partial charge in [-0.1, -0.05) is 24.3 Å². The maximum absolute atomic E-state index is 12.2. The van der Waals surface area contributed by atoms with E-state index in [0.29, 0.717) is 29.2 Å². The molecule has 0 bridgehead atoms. The summed E-state index contributed by atoms with van der Waals surface area (Å²) in [5, 5.41) is 5.20. The van der Waals surface area contributed by atoms with Gasteiger partial charge in [0.1, 0.15) is 5.75 Å². The molecule has 6 heteroatoms. The summed E-state index contributed by atoms with van der Waals surface area (Å²) in [5.41, 5.74) is 1.38. The maximum Gasteiger partial charge on any atom is 0.255 e. The second-order valence-electron chi connectivity index (χ2n) is 5.30. The molecule has 0 aliphatic heterocycles. The summed E-state index contributed by atoms with van der Waals surface area (Å²) in [6.45, 7) is 3.54. The van der Waals surface area contributed by atoms with Crippen LogP contribution in [-0.4, -0.2) is 30.7 Å². The van der Waals surface area contributed by atoms with Crippen molar-refractivity contribution in [3.63, 3.8) is 0 Å². The minimum atomic E-state index is -0.392. The summed E-state index contributed by atoms with van der Waals surface area (Å²) in [6, 6.07) is 13.5. The number of anilines is 1. The Bertz CT molecular complexity index is 786. The third-order valence-electron chi connectivity index (χ3n) is 3.39. The third-order valence-corrected chi connectivity index (χ3v) is 3.39. The first-order chi connectivity index (χ1) is 12.0. The van der Waals surface area contributed by atoms with Crippen molar-refractivity contribution in [2.24, 2.45) is 0 Å². The van der Waals surface area contributed by atoms with Gasteiger partial charge in [0.15, 0.2) is 5.78 Å². The van der Waals surface area contributed by atoms with Crippen LogP contribution in [0, 0.1) is 0 Å². The summed E-state index contributed by atoms with van der Waals surface area (Å²) < 4.78 is 5.40. The third kappa shape index (κ3) is 5.17. The van der Waals surface area contributed by atoms with Gasteiger partial charge in [-0.15, -0.1) is 0 Å². The zero-order chi connectivity index (χ0) is 18.2. The molecule has 130 valence electrons. The number of nitrogens with one attached hydrogen (secondary N) is 2. The Morgan fingerprint density at radius 2 is 1.80 bits per heavy atom. The number of para-hydroxylation sites is 1. The van der Waals surface area contributed by atoms with E-state index in [1.54, 1.807) is 48.5 Å². The van der Waals surface area contributed by atoms with Crippen molar-refractivity contribution in [1.82, 2.24) is 5.32 Å². The second kappa shape index (κ2) is 8.63. The number of amides is 2. The van der Waals surface area contributed by atoms with Crippen LogP contribution in [-0.2, 0) is 4.79 Å². The Labute approximate surface area is 146 Å². The van der Waals surface area contributed by atoms with Crippen LogP contribution in [0.15, 0.2) is 48.5 Å². The van der Waals surface area contributed by atoms with Gasteiger partial charge in [0.05, 0.1) is 18.7 Å². The van der Waals surface area contributed by atoms with E-state index in [4.69, 9.17) is 4.74 Å². The Balaban J connectivity index is 1.95. The SMILES string of the molecule is CCOc1ccccc1C(=O)NCC(=O)Nc1cccc(C(C)=O)c1. The van der Waals surface area contributed by atoms with Gasteiger partial charge in [0.25, 0.3) is 5.91 Å². The van der Waals surface area contributed by atoms with Crippen LogP contribution in [0.2, 0.25) is 0 Å². The molecule has 0 spiro atoms. The lowest BCUT2D eigenvalue weighted by Gasteiger charge is -2.11. The molecule has 0 fully saturated rings. The van der Waals surface area contributed by atoms with Crippen LogP contribution >= 0.6 is 0 Å². The second-order valence-corrected chi connectivity index (χ2v) is 5.30. The van der Waals surface area contributed by atoms with Crippen molar-refractivity contribution in [2.45, 2.75) is 13.8 Å². The molecule has 2 N–H and O–H groups in total. The lowest BCUT2D eigenvalue weighted by Crippen LogP contribution is -2.33. The highest BCUT2D eigenvalue weighted by Gasteiger charge is 2.13. The van der Waals surface area contributed by atoms with E-state index in [-0.39, 0.29) is 18.2 Å². The smallest absolute Gasteiger partial charge is 0.255 e. The van der Waals surface area contributed by atoms with Crippen molar-refractivity contribution >= 4 is 23.3 Å². The molecule has 0 unspecified atom stereocenters. The predicted octanol–water partition coefficient (Wildman–Crippen LogP) is 2.66. The molecule has 0 aliphatic rings. The van der Waals surface area contributed by atoms with Gasteiger partial charge in [-0.05, 0) is 38.1 Å². The topological polar surface area (TPSA) is 84.5 Å². The minimum absolute atomic E-state index is 0.0862. The lowest BCUT2D eigenvalue weighted by molar-refractivity contribution is -0.115. The molecule has 2 rings (SSSR count). The van der Waals surface area contributed by atoms with Gasteiger partial charge in [0.2, 0.25) is 5.91 Å². The van der Waals surface area contributed by atoms with Gasteiger partial charge in [-0.2, -0.15) is 0 Å². The van der Waals surface area contributed by atoms with Gasteiger partial charge in [-0.25, -0.2) is 0 Å². The normalized spacial score (nSPS) is 10.0. The number of benzene rings is 2. The number of hydrogen-bond donors (Lipinski definition) is 2. The molecule has 0 saturated carbocycles. The number of ether oxygens (including phenoxy) is 1. The molecule has 6 nitrogen and oxygen atoms in total. The monoisotopic (exact) mass is 340 g/mol. The highest BCUT2D eigenvalue weighted by atomic mass is 16.5. The van der Waals surface area contributed by atoms with E-state index in [9.17, 15) is 14.4 Å². The van der Waals surface area contributed by atoms with Crippen LogP contribution in [0.25, 0.3) is 0 Å². The first kappa shape index (κ1) is 18.2. The van der Waals surface area contributed by atoms with Crippen molar-refractivity contribution in [2.75, 3.05) is 18.5 Å². The van der Waals surface area contributed by atoms with E-state index in [1.807, 2.05) is 6.92 Å². The van der Waals surface area contributed by atoms with Crippen molar-refractivity contribution in [3.8, 4) is 5.75 Å². The average molecular weight is 340 g/mol. The molecule has 0 saturated heterocycles. The molecule has 0 aromatic heterocycles. The Hall–Kier alpha value is -3.15. The van der Waals surface area contributed by atoms with E-state index in [0.717, 1.165) is 0 Å². The van der Waals surface area contributed by atoms with E-state index in [2.05, 4.69) is 10.6 Å². The molecule has 2 amide bonds. The summed E-state index contributed by atoms with van der Waals surface area (Å²) >= 11 is 0. The van der Waals surface area contributed by atoms with E-state index in [1.165, 1.54) is 6.92 Å². The molecule has 2 aromatic rings. The fraction of sp³-hybridized carbons (Fsp3) is 0.211. The van der Waals surface area contributed by atoms with Crippen molar-refractivity contribution in [1.29, 1.82) is 0 Å². The summed E-state index contributed by atoms with van der Waals surface area (Å²) in [5.74, 6) is -0.395. The first-order valence-electron chi connectivity index (χ1n) is 7.92. The number of hydrogen-bond acceptors (Lipinski definition) is 4. The zero-order valence-corrected chi connectivity index (χ0v) is 14.2. The van der Waals surface area contributed by atoms with Crippen LogP contribution < -0.4 is 15.4 Å². The molecule has 0 radical (unpaired) electrons. The Morgan fingerprint density at radius 3 is 2.52 bits per heavy atom. The average Bonchev–Trinajstić information content (AvgIpc) is 2.60. The molecular weight excluding hydrogens is 320 g/mol. The maximum atomic E-state index is 12.2. The molecule has 0 heterocycles. The number of ketones is 1. The number of carbonyl (C=O) groups is 3. The molecule has 0 aliphatic carbocycles. The standard InChI is InChI=1S/C19H20N2O4/c1-3-25-17-10-5-4-9-16(17)19(24)20-12-18(23)21-15-8-6-7-14(11-15)13(2)22/h4-11H,3,12H2,1-2H3,(H,20,24)(H,21,23). The van der Waals surface area contributed by atoms with Gasteiger partial charge >= 0.3 is 0 Å².